The molecule has 0 bridgehead atoms. The van der Waals surface area contributed by atoms with E-state index >= 15 is 0 Å². The molecule has 1 heterocycles. The van der Waals surface area contributed by atoms with Crippen molar-refractivity contribution >= 4 is 12.4 Å². The molecule has 1 saturated heterocycles. The van der Waals surface area contributed by atoms with Crippen LogP contribution in [0.25, 0.3) is 0 Å². The Morgan fingerprint density at radius 2 is 2.00 bits per heavy atom. The van der Waals surface area contributed by atoms with Crippen LogP contribution in [0.15, 0.2) is 18.2 Å². The molecule has 1 N–H and O–H groups in total. The zero-order valence-corrected chi connectivity index (χ0v) is 9.67. The Kier molecular flexibility index (Phi) is 4.99. The highest BCUT2D eigenvalue weighted by molar-refractivity contribution is 5.85. The molecule has 0 aromatic heterocycles. The lowest BCUT2D eigenvalue weighted by atomic mass is 10.2. The van der Waals surface area contributed by atoms with E-state index in [-0.39, 0.29) is 24.0 Å². The van der Waals surface area contributed by atoms with E-state index in [0.29, 0.717) is 25.3 Å². The highest BCUT2D eigenvalue weighted by atomic mass is 35.5. The van der Waals surface area contributed by atoms with Gasteiger partial charge in [-0.1, -0.05) is 0 Å². The first-order valence-corrected chi connectivity index (χ1v) is 5.03. The summed E-state index contributed by atoms with van der Waals surface area (Å²) in [6.07, 6.45) is 0. The largest absolute Gasteiger partial charge is 0.508 e. The maximum atomic E-state index is 12.9. The maximum absolute atomic E-state index is 12.9. The predicted octanol–water partition coefficient (Wildman–Crippen LogP) is 1.79. The average Bonchev–Trinajstić information content (AvgIpc) is 2.25. The molecule has 3 nitrogen and oxygen atoms in total. The van der Waals surface area contributed by atoms with Gasteiger partial charge in [0, 0.05) is 25.2 Å². The molecule has 0 saturated carbocycles. The number of hydrogen-bond donors (Lipinski definition) is 1. The lowest BCUT2D eigenvalue weighted by Crippen LogP contribution is -2.35. The molecule has 0 radical (unpaired) electrons. The summed E-state index contributed by atoms with van der Waals surface area (Å²) in [5, 5.41) is 9.54. The van der Waals surface area contributed by atoms with E-state index in [2.05, 4.69) is 4.90 Å². The molecule has 0 atom stereocenters. The lowest BCUT2D eigenvalue weighted by Gasteiger charge is -2.26. The van der Waals surface area contributed by atoms with Crippen molar-refractivity contribution in [1.82, 2.24) is 4.90 Å². The third-order valence-electron chi connectivity index (χ3n) is 2.54. The summed E-state index contributed by atoms with van der Waals surface area (Å²) < 4.78 is 18.2. The van der Waals surface area contributed by atoms with E-state index < -0.39 is 0 Å². The fourth-order valence-corrected chi connectivity index (χ4v) is 1.68. The molecule has 0 aliphatic carbocycles. The summed E-state index contributed by atoms with van der Waals surface area (Å²) in [6.45, 7) is 3.64. The second-order valence-corrected chi connectivity index (χ2v) is 3.66. The van der Waals surface area contributed by atoms with Crippen molar-refractivity contribution in [2.45, 2.75) is 6.54 Å². The zero-order valence-electron chi connectivity index (χ0n) is 8.86. The summed E-state index contributed by atoms with van der Waals surface area (Å²) in [6, 6.07) is 4.04. The van der Waals surface area contributed by atoms with Crippen LogP contribution >= 0.6 is 12.4 Å². The lowest BCUT2D eigenvalue weighted by molar-refractivity contribution is 0.0338. The first kappa shape index (κ1) is 13.2. The molecule has 1 aliphatic rings. The van der Waals surface area contributed by atoms with Gasteiger partial charge in [0.15, 0.2) is 0 Å². The number of morpholine rings is 1. The van der Waals surface area contributed by atoms with Gasteiger partial charge in [0.1, 0.15) is 11.6 Å². The first-order valence-electron chi connectivity index (χ1n) is 5.03. The molecule has 1 aromatic rings. The summed E-state index contributed by atoms with van der Waals surface area (Å²) in [5.74, 6) is -0.154. The Balaban J connectivity index is 0.00000128. The molecule has 0 amide bonds. The SMILES string of the molecule is Cl.Oc1ccc(F)cc1CN1CCOCC1. The van der Waals surface area contributed by atoms with Gasteiger partial charge in [0.05, 0.1) is 13.2 Å². The fourth-order valence-electron chi connectivity index (χ4n) is 1.68. The minimum atomic E-state index is -0.309. The van der Waals surface area contributed by atoms with Crippen LogP contribution < -0.4 is 0 Å². The Morgan fingerprint density at radius 1 is 1.31 bits per heavy atom. The highest BCUT2D eigenvalue weighted by Gasteiger charge is 2.12. The molecule has 5 heteroatoms. The minimum Gasteiger partial charge on any atom is -0.508 e. The van der Waals surface area contributed by atoms with Gasteiger partial charge in [-0.05, 0) is 18.2 Å². The van der Waals surface area contributed by atoms with Crippen molar-refractivity contribution in [3.8, 4) is 5.75 Å². The van der Waals surface area contributed by atoms with E-state index in [9.17, 15) is 9.50 Å². The van der Waals surface area contributed by atoms with E-state index in [1.807, 2.05) is 0 Å². The summed E-state index contributed by atoms with van der Waals surface area (Å²) in [7, 11) is 0. The molecular formula is C11H15ClFNO2. The van der Waals surface area contributed by atoms with Crippen LogP contribution in [-0.2, 0) is 11.3 Å². The summed E-state index contributed by atoms with van der Waals surface area (Å²) in [5.41, 5.74) is 0.636. The standard InChI is InChI=1S/C11H14FNO2.ClH/c12-10-1-2-11(14)9(7-10)8-13-3-5-15-6-4-13;/h1-2,7,14H,3-6,8H2;1H. The van der Waals surface area contributed by atoms with Crippen molar-refractivity contribution in [1.29, 1.82) is 0 Å². The van der Waals surface area contributed by atoms with Crippen LogP contribution in [-0.4, -0.2) is 36.3 Å². The van der Waals surface area contributed by atoms with Gasteiger partial charge in [-0.2, -0.15) is 0 Å². The topological polar surface area (TPSA) is 32.7 Å². The number of phenolic OH excluding ortho intramolecular Hbond substituents is 1. The second kappa shape index (κ2) is 6.03. The van der Waals surface area contributed by atoms with Gasteiger partial charge < -0.3 is 9.84 Å². The van der Waals surface area contributed by atoms with Crippen molar-refractivity contribution < 1.29 is 14.2 Å². The first-order chi connectivity index (χ1) is 7.25. The third-order valence-corrected chi connectivity index (χ3v) is 2.54. The molecular weight excluding hydrogens is 233 g/mol. The van der Waals surface area contributed by atoms with Crippen LogP contribution in [0.2, 0.25) is 0 Å². The molecule has 0 unspecified atom stereocenters. The van der Waals surface area contributed by atoms with Gasteiger partial charge in [0.2, 0.25) is 0 Å². The van der Waals surface area contributed by atoms with Crippen LogP contribution in [0.1, 0.15) is 5.56 Å². The number of halogens is 2. The Hall–Kier alpha value is -0.840. The fraction of sp³-hybridized carbons (Fsp3) is 0.455. The van der Waals surface area contributed by atoms with Gasteiger partial charge in [-0.3, -0.25) is 4.90 Å². The van der Waals surface area contributed by atoms with E-state index in [4.69, 9.17) is 4.74 Å². The van der Waals surface area contributed by atoms with Crippen LogP contribution in [0.4, 0.5) is 4.39 Å². The Bertz CT molecular complexity index is 343. The number of ether oxygens (including phenoxy) is 1. The Labute approximate surface area is 100 Å². The quantitative estimate of drug-likeness (QED) is 0.865. The van der Waals surface area contributed by atoms with Crippen molar-refractivity contribution in [3.63, 3.8) is 0 Å². The second-order valence-electron chi connectivity index (χ2n) is 3.66. The Morgan fingerprint density at radius 3 is 2.69 bits per heavy atom. The van der Waals surface area contributed by atoms with E-state index in [1.54, 1.807) is 0 Å². The molecule has 0 spiro atoms. The maximum Gasteiger partial charge on any atom is 0.123 e. The van der Waals surface area contributed by atoms with E-state index in [1.165, 1.54) is 18.2 Å². The van der Waals surface area contributed by atoms with Crippen molar-refractivity contribution in [3.05, 3.63) is 29.6 Å². The minimum absolute atomic E-state index is 0. The van der Waals surface area contributed by atoms with Crippen LogP contribution in [0.3, 0.4) is 0 Å². The molecule has 90 valence electrons. The number of nitrogens with zero attached hydrogens (tertiary/aromatic N) is 1. The average molecular weight is 248 g/mol. The molecule has 1 fully saturated rings. The number of rotatable bonds is 2. The molecule has 1 aliphatic heterocycles. The van der Waals surface area contributed by atoms with Gasteiger partial charge >= 0.3 is 0 Å². The third kappa shape index (κ3) is 3.33. The molecule has 2 rings (SSSR count). The molecule has 16 heavy (non-hydrogen) atoms. The van der Waals surface area contributed by atoms with E-state index in [0.717, 1.165) is 13.1 Å². The smallest absolute Gasteiger partial charge is 0.123 e. The number of hydrogen-bond acceptors (Lipinski definition) is 3. The number of phenols is 1. The normalized spacial score (nSPS) is 16.8. The van der Waals surface area contributed by atoms with Crippen LogP contribution in [0, 0.1) is 5.82 Å². The summed E-state index contributed by atoms with van der Waals surface area (Å²) >= 11 is 0. The van der Waals surface area contributed by atoms with Gasteiger partial charge in [-0.25, -0.2) is 4.39 Å². The number of benzene rings is 1. The van der Waals surface area contributed by atoms with Crippen LogP contribution in [0.5, 0.6) is 5.75 Å². The van der Waals surface area contributed by atoms with Gasteiger partial charge in [0.25, 0.3) is 0 Å². The highest BCUT2D eigenvalue weighted by Crippen LogP contribution is 2.19. The number of aromatic hydroxyl groups is 1. The molecule has 1 aromatic carbocycles. The zero-order chi connectivity index (χ0) is 10.7. The monoisotopic (exact) mass is 247 g/mol. The van der Waals surface area contributed by atoms with Crippen molar-refractivity contribution in [2.24, 2.45) is 0 Å². The van der Waals surface area contributed by atoms with Gasteiger partial charge in [-0.15, -0.1) is 12.4 Å². The van der Waals surface area contributed by atoms with Crippen molar-refractivity contribution in [2.75, 3.05) is 26.3 Å². The predicted molar refractivity (Wildman–Crippen MR) is 61.4 cm³/mol. The summed E-state index contributed by atoms with van der Waals surface area (Å²) in [4.78, 5) is 2.14.